The standard InChI is InChI=1S/C14H21BrF3N3/c1-3-11-13(15)12(21(4-2)19-11)9-20-7-5-10(6-8-20)14(16,17)18/h10H,3-9H2,1-2H3. The third-order valence-corrected chi connectivity index (χ3v) is 5.03. The number of nitrogens with zero attached hydrogens (tertiary/aromatic N) is 3. The van der Waals surface area contributed by atoms with E-state index >= 15 is 0 Å². The first-order valence-electron chi connectivity index (χ1n) is 7.39. The van der Waals surface area contributed by atoms with Crippen LogP contribution in [0.2, 0.25) is 0 Å². The summed E-state index contributed by atoms with van der Waals surface area (Å²) in [5.74, 6) is -1.14. The summed E-state index contributed by atoms with van der Waals surface area (Å²) in [7, 11) is 0. The van der Waals surface area contributed by atoms with E-state index in [1.165, 1.54) is 0 Å². The second-order valence-corrected chi connectivity index (χ2v) is 6.26. The summed E-state index contributed by atoms with van der Waals surface area (Å²) < 4.78 is 41.0. The fraction of sp³-hybridized carbons (Fsp3) is 0.786. The van der Waals surface area contributed by atoms with Gasteiger partial charge < -0.3 is 0 Å². The van der Waals surface area contributed by atoms with Crippen molar-refractivity contribution in [3.8, 4) is 0 Å². The third-order valence-electron chi connectivity index (χ3n) is 4.12. The molecule has 3 nitrogen and oxygen atoms in total. The van der Waals surface area contributed by atoms with Crippen LogP contribution in [0.5, 0.6) is 0 Å². The highest BCUT2D eigenvalue weighted by atomic mass is 79.9. The summed E-state index contributed by atoms with van der Waals surface area (Å²) in [6.45, 7) is 6.49. The molecule has 0 unspecified atom stereocenters. The van der Waals surface area contributed by atoms with Gasteiger partial charge in [-0.1, -0.05) is 6.92 Å². The van der Waals surface area contributed by atoms with Crippen molar-refractivity contribution >= 4 is 15.9 Å². The van der Waals surface area contributed by atoms with Gasteiger partial charge in [0.1, 0.15) is 0 Å². The minimum Gasteiger partial charge on any atom is -0.297 e. The van der Waals surface area contributed by atoms with Crippen molar-refractivity contribution in [2.24, 2.45) is 5.92 Å². The van der Waals surface area contributed by atoms with Gasteiger partial charge in [0.2, 0.25) is 0 Å². The maximum Gasteiger partial charge on any atom is 0.391 e. The summed E-state index contributed by atoms with van der Waals surface area (Å²) in [6.07, 6.45) is -2.81. The van der Waals surface area contributed by atoms with E-state index in [1.54, 1.807) is 0 Å². The van der Waals surface area contributed by atoms with Gasteiger partial charge in [-0.25, -0.2) is 0 Å². The quantitative estimate of drug-likeness (QED) is 0.801. The Hall–Kier alpha value is -0.560. The molecule has 7 heteroatoms. The molecule has 1 aliphatic heterocycles. The number of alkyl halides is 3. The molecule has 0 bridgehead atoms. The largest absolute Gasteiger partial charge is 0.391 e. The molecule has 1 aliphatic rings. The van der Waals surface area contributed by atoms with E-state index in [-0.39, 0.29) is 12.8 Å². The number of aryl methyl sites for hydroxylation is 2. The van der Waals surface area contributed by atoms with E-state index in [1.807, 2.05) is 18.5 Å². The van der Waals surface area contributed by atoms with Crippen molar-refractivity contribution in [1.82, 2.24) is 14.7 Å². The van der Waals surface area contributed by atoms with Crippen molar-refractivity contribution in [2.45, 2.75) is 52.4 Å². The van der Waals surface area contributed by atoms with E-state index in [4.69, 9.17) is 0 Å². The SMILES string of the molecule is CCc1nn(CC)c(CN2CCC(C(F)(F)F)CC2)c1Br. The first-order chi connectivity index (χ1) is 9.86. The Balaban J connectivity index is 2.02. The Morgan fingerprint density at radius 3 is 2.33 bits per heavy atom. The highest BCUT2D eigenvalue weighted by molar-refractivity contribution is 9.10. The zero-order valence-corrected chi connectivity index (χ0v) is 14.0. The number of hydrogen-bond acceptors (Lipinski definition) is 2. The van der Waals surface area contributed by atoms with Gasteiger partial charge in [-0.05, 0) is 55.2 Å². The van der Waals surface area contributed by atoms with Crippen LogP contribution in [0.15, 0.2) is 4.47 Å². The van der Waals surface area contributed by atoms with Gasteiger partial charge in [0, 0.05) is 13.1 Å². The Morgan fingerprint density at radius 2 is 1.86 bits per heavy atom. The first kappa shape index (κ1) is 16.8. The van der Waals surface area contributed by atoms with Gasteiger partial charge in [-0.15, -0.1) is 0 Å². The van der Waals surface area contributed by atoms with Crippen LogP contribution in [0.3, 0.4) is 0 Å². The topological polar surface area (TPSA) is 21.1 Å². The van der Waals surface area contributed by atoms with Crippen molar-refractivity contribution < 1.29 is 13.2 Å². The average Bonchev–Trinajstić information content (AvgIpc) is 2.75. The lowest BCUT2D eigenvalue weighted by atomic mass is 9.96. The Kier molecular flexibility index (Phi) is 5.35. The van der Waals surface area contributed by atoms with E-state index in [9.17, 15) is 13.2 Å². The molecule has 0 aromatic carbocycles. The Bertz CT molecular complexity index is 477. The summed E-state index contributed by atoms with van der Waals surface area (Å²) in [4.78, 5) is 2.09. The van der Waals surface area contributed by atoms with Crippen LogP contribution in [0.4, 0.5) is 13.2 Å². The molecule has 0 amide bonds. The third kappa shape index (κ3) is 3.80. The molecule has 120 valence electrons. The van der Waals surface area contributed by atoms with Crippen molar-refractivity contribution in [2.75, 3.05) is 13.1 Å². The molecular formula is C14H21BrF3N3. The van der Waals surface area contributed by atoms with E-state index < -0.39 is 12.1 Å². The molecule has 0 saturated carbocycles. The van der Waals surface area contributed by atoms with Crippen LogP contribution in [-0.4, -0.2) is 33.9 Å². The van der Waals surface area contributed by atoms with Crippen LogP contribution >= 0.6 is 15.9 Å². The van der Waals surface area contributed by atoms with Gasteiger partial charge in [-0.2, -0.15) is 18.3 Å². The van der Waals surface area contributed by atoms with Gasteiger partial charge in [0.05, 0.1) is 21.8 Å². The highest BCUT2D eigenvalue weighted by Gasteiger charge is 2.41. The Morgan fingerprint density at radius 1 is 1.24 bits per heavy atom. The maximum absolute atomic E-state index is 12.7. The van der Waals surface area contributed by atoms with Gasteiger partial charge in [-0.3, -0.25) is 9.58 Å². The molecule has 0 radical (unpaired) electrons. The van der Waals surface area contributed by atoms with E-state index in [2.05, 4.69) is 25.9 Å². The number of aromatic nitrogens is 2. The second-order valence-electron chi connectivity index (χ2n) is 5.47. The maximum atomic E-state index is 12.7. The summed E-state index contributed by atoms with van der Waals surface area (Å²) in [5, 5.41) is 4.53. The monoisotopic (exact) mass is 367 g/mol. The summed E-state index contributed by atoms with van der Waals surface area (Å²) in [5.41, 5.74) is 2.08. The fourth-order valence-electron chi connectivity index (χ4n) is 2.80. The molecule has 1 fully saturated rings. The summed E-state index contributed by atoms with van der Waals surface area (Å²) in [6, 6.07) is 0. The van der Waals surface area contributed by atoms with Crippen LogP contribution in [0.25, 0.3) is 0 Å². The zero-order valence-electron chi connectivity index (χ0n) is 12.4. The predicted molar refractivity (Wildman–Crippen MR) is 79.0 cm³/mol. The second kappa shape index (κ2) is 6.69. The van der Waals surface area contributed by atoms with Gasteiger partial charge in [0.25, 0.3) is 0 Å². The van der Waals surface area contributed by atoms with E-state index in [0.29, 0.717) is 19.6 Å². The normalized spacial score (nSPS) is 18.4. The molecule has 0 aliphatic carbocycles. The van der Waals surface area contributed by atoms with Crippen LogP contribution in [0, 0.1) is 5.92 Å². The first-order valence-corrected chi connectivity index (χ1v) is 8.19. The van der Waals surface area contributed by atoms with Crippen molar-refractivity contribution in [1.29, 1.82) is 0 Å². The van der Waals surface area contributed by atoms with Crippen LogP contribution in [0.1, 0.15) is 38.1 Å². The number of hydrogen-bond donors (Lipinski definition) is 0. The van der Waals surface area contributed by atoms with Crippen molar-refractivity contribution in [3.63, 3.8) is 0 Å². The lowest BCUT2D eigenvalue weighted by Gasteiger charge is -2.32. The molecule has 1 aromatic rings. The molecule has 21 heavy (non-hydrogen) atoms. The molecule has 0 N–H and O–H groups in total. The van der Waals surface area contributed by atoms with Crippen molar-refractivity contribution in [3.05, 3.63) is 15.9 Å². The minimum atomic E-state index is -4.05. The molecule has 0 atom stereocenters. The molecule has 2 rings (SSSR count). The average molecular weight is 368 g/mol. The fourth-order valence-corrected chi connectivity index (χ4v) is 3.49. The predicted octanol–water partition coefficient (Wildman–Crippen LogP) is 4.00. The smallest absolute Gasteiger partial charge is 0.297 e. The Labute approximate surface area is 131 Å². The number of rotatable bonds is 4. The van der Waals surface area contributed by atoms with Gasteiger partial charge in [0.15, 0.2) is 0 Å². The van der Waals surface area contributed by atoms with E-state index in [0.717, 1.165) is 28.8 Å². The van der Waals surface area contributed by atoms with Crippen LogP contribution in [-0.2, 0) is 19.5 Å². The molecular weight excluding hydrogens is 347 g/mol. The summed E-state index contributed by atoms with van der Waals surface area (Å²) >= 11 is 3.58. The number of likely N-dealkylation sites (tertiary alicyclic amines) is 1. The number of piperidine rings is 1. The molecule has 1 saturated heterocycles. The van der Waals surface area contributed by atoms with Crippen LogP contribution < -0.4 is 0 Å². The lowest BCUT2D eigenvalue weighted by molar-refractivity contribution is -0.185. The lowest BCUT2D eigenvalue weighted by Crippen LogP contribution is -2.39. The highest BCUT2D eigenvalue weighted by Crippen LogP contribution is 2.35. The molecule has 0 spiro atoms. The zero-order chi connectivity index (χ0) is 15.6. The number of halogens is 4. The molecule has 1 aromatic heterocycles. The minimum absolute atomic E-state index is 0.196. The van der Waals surface area contributed by atoms with Gasteiger partial charge >= 0.3 is 6.18 Å². The molecule has 2 heterocycles.